The third-order valence-corrected chi connectivity index (χ3v) is 7.12. The second kappa shape index (κ2) is 24.7. The maximum atomic E-state index is 12.6. The fourth-order valence-corrected chi connectivity index (χ4v) is 3.01. The third-order valence-electron chi connectivity index (χ3n) is 6.37. The number of thiol groups is 1. The molecule has 0 aromatic heterocycles. The van der Waals surface area contributed by atoms with Crippen molar-refractivity contribution in [3.8, 4) is 0 Å². The highest BCUT2D eigenvalue weighted by molar-refractivity contribution is 7.82. The first kappa shape index (κ1) is 43.5. The molecular formula is C28H51N3O12S. The quantitative estimate of drug-likeness (QED) is 0.0413. The van der Waals surface area contributed by atoms with Gasteiger partial charge in [0.1, 0.15) is 24.2 Å². The van der Waals surface area contributed by atoms with E-state index in [4.69, 9.17) is 24.1 Å². The number of amides is 3. The molecule has 256 valence electrons. The number of carbonyl (C=O) groups excluding carboxylic acids is 5. The highest BCUT2D eigenvalue weighted by Crippen LogP contribution is 2.37. The lowest BCUT2D eigenvalue weighted by atomic mass is 9.78. The van der Waals surface area contributed by atoms with E-state index in [1.165, 1.54) is 20.8 Å². The molecule has 0 heterocycles. The van der Waals surface area contributed by atoms with Crippen LogP contribution >= 0.6 is 12.6 Å². The second-order valence-electron chi connectivity index (χ2n) is 10.4. The average Bonchev–Trinajstić information content (AvgIpc) is 2.98. The monoisotopic (exact) mass is 653 g/mol. The van der Waals surface area contributed by atoms with Crippen LogP contribution in [0, 0.1) is 11.3 Å². The number of rotatable bonds is 25. The van der Waals surface area contributed by atoms with Gasteiger partial charge >= 0.3 is 5.97 Å². The van der Waals surface area contributed by atoms with Gasteiger partial charge in [-0.2, -0.15) is 12.6 Å². The summed E-state index contributed by atoms with van der Waals surface area (Å²) in [5.41, 5.74) is -1.43. The molecule has 2 atom stereocenters. The van der Waals surface area contributed by atoms with Gasteiger partial charge in [0.25, 0.3) is 0 Å². The number of ketones is 1. The van der Waals surface area contributed by atoms with Crippen LogP contribution in [0.5, 0.6) is 0 Å². The van der Waals surface area contributed by atoms with Crippen molar-refractivity contribution in [3.05, 3.63) is 0 Å². The molecule has 0 rings (SSSR count). The van der Waals surface area contributed by atoms with Crippen molar-refractivity contribution in [3.63, 3.8) is 0 Å². The minimum atomic E-state index is -1.68. The molecule has 0 fully saturated rings. The molecule has 0 spiro atoms. The van der Waals surface area contributed by atoms with Crippen molar-refractivity contribution in [2.75, 3.05) is 73.1 Å². The molecule has 0 aromatic carbocycles. The van der Waals surface area contributed by atoms with E-state index in [-0.39, 0.29) is 75.9 Å². The zero-order valence-corrected chi connectivity index (χ0v) is 27.5. The van der Waals surface area contributed by atoms with E-state index in [1.807, 2.05) is 13.8 Å². The van der Waals surface area contributed by atoms with Crippen molar-refractivity contribution in [1.29, 1.82) is 0 Å². The Labute approximate surface area is 264 Å². The van der Waals surface area contributed by atoms with E-state index in [1.54, 1.807) is 0 Å². The Kier molecular flexibility index (Phi) is 24.4. The summed E-state index contributed by atoms with van der Waals surface area (Å²) in [5.74, 6) is -2.64. The topological polar surface area (TPSA) is 216 Å². The highest BCUT2D eigenvalue weighted by Gasteiger charge is 2.50. The van der Waals surface area contributed by atoms with Crippen molar-refractivity contribution in [2.45, 2.75) is 58.2 Å². The van der Waals surface area contributed by atoms with Gasteiger partial charge in [-0.05, 0) is 27.2 Å². The fourth-order valence-electron chi connectivity index (χ4n) is 2.91. The molecule has 15 nitrogen and oxygen atoms in total. The Morgan fingerprint density at radius 3 is 1.75 bits per heavy atom. The number of hydrogen-bond acceptors (Lipinski definition) is 12. The normalized spacial score (nSPS) is 13.1. The zero-order valence-electron chi connectivity index (χ0n) is 26.6. The first-order valence-electron chi connectivity index (χ1n) is 14.2. The SMILES string of the molecule is CC(C)C(=O)COCCOCCNC(=O)COCCOCCNC(=O)CCC(C=O)NC(=O)C(C)(C)C(C)(S)C(=O)O.CO. The summed E-state index contributed by atoms with van der Waals surface area (Å²) >= 11 is 4.09. The van der Waals surface area contributed by atoms with Gasteiger partial charge < -0.3 is 49.9 Å². The molecule has 0 saturated carbocycles. The number of aliphatic hydroxyl groups excluding tert-OH is 1. The molecule has 0 radical (unpaired) electrons. The van der Waals surface area contributed by atoms with Gasteiger partial charge in [0.15, 0.2) is 5.78 Å². The minimum absolute atomic E-state index is 0.0329. The van der Waals surface area contributed by atoms with Crippen molar-refractivity contribution in [2.24, 2.45) is 11.3 Å². The summed E-state index contributed by atoms with van der Waals surface area (Å²) in [6, 6.07) is -0.967. The molecule has 5 N–H and O–H groups in total. The summed E-state index contributed by atoms with van der Waals surface area (Å²) in [6.45, 7) is 9.67. The molecule has 0 aliphatic carbocycles. The van der Waals surface area contributed by atoms with E-state index in [0.717, 1.165) is 7.11 Å². The molecular weight excluding hydrogens is 602 g/mol. The fraction of sp³-hybridized carbons (Fsp3) is 0.786. The molecule has 2 unspecified atom stereocenters. The molecule has 0 saturated heterocycles. The van der Waals surface area contributed by atoms with Gasteiger partial charge in [-0.3, -0.25) is 24.0 Å². The van der Waals surface area contributed by atoms with E-state index >= 15 is 0 Å². The van der Waals surface area contributed by atoms with Gasteiger partial charge in [-0.25, -0.2) is 0 Å². The lowest BCUT2D eigenvalue weighted by Crippen LogP contribution is -2.55. The number of aldehydes is 1. The number of aliphatic carboxylic acids is 1. The Hall–Kier alpha value is -2.63. The maximum Gasteiger partial charge on any atom is 0.320 e. The van der Waals surface area contributed by atoms with Crippen LogP contribution in [-0.4, -0.2) is 130 Å². The molecule has 44 heavy (non-hydrogen) atoms. The number of aliphatic hydroxyl groups is 1. The molecule has 3 amide bonds. The zero-order chi connectivity index (χ0) is 34.2. The van der Waals surface area contributed by atoms with Crippen LogP contribution < -0.4 is 16.0 Å². The number of carboxylic acid groups (broad SMARTS) is 1. The second-order valence-corrected chi connectivity index (χ2v) is 11.3. The number of carbonyl (C=O) groups is 6. The summed E-state index contributed by atoms with van der Waals surface area (Å²) in [5, 5.41) is 24.1. The smallest absolute Gasteiger partial charge is 0.320 e. The lowest BCUT2D eigenvalue weighted by Gasteiger charge is -2.36. The van der Waals surface area contributed by atoms with E-state index in [0.29, 0.717) is 32.7 Å². The number of carboxylic acids is 1. The number of Topliss-reactive ketones (excluding diaryl/α,β-unsaturated/α-hetero) is 1. The first-order chi connectivity index (χ1) is 20.7. The summed E-state index contributed by atoms with van der Waals surface area (Å²) in [7, 11) is 1.00. The van der Waals surface area contributed by atoms with Crippen LogP contribution in [0.2, 0.25) is 0 Å². The summed E-state index contributed by atoms with van der Waals surface area (Å²) < 4.78 is 19.4. The van der Waals surface area contributed by atoms with Gasteiger partial charge in [-0.1, -0.05) is 13.8 Å². The Balaban J connectivity index is 0. The summed E-state index contributed by atoms with van der Waals surface area (Å²) in [4.78, 5) is 70.6. The van der Waals surface area contributed by atoms with E-state index in [9.17, 15) is 33.9 Å². The van der Waals surface area contributed by atoms with Gasteiger partial charge in [0, 0.05) is 32.5 Å². The standard InChI is InChI=1S/C27H47N3O11S.CH4O/c1-19(2)21(32)17-40-14-12-39-11-9-29-23(34)18-41-15-13-38-10-8-28-22(33)7-6-20(16-31)30-24(35)26(3,4)27(5,42)25(36)37;1-2/h16,19-20,42H,6-15,17-18H2,1-5H3,(H,28,33)(H,29,34)(H,30,35)(H,36,37);2H,1H3. The largest absolute Gasteiger partial charge is 0.480 e. The van der Waals surface area contributed by atoms with Crippen LogP contribution in [0.4, 0.5) is 0 Å². The predicted octanol–water partition coefficient (Wildman–Crippen LogP) is -0.618. The van der Waals surface area contributed by atoms with Crippen molar-refractivity contribution >= 4 is 48.4 Å². The first-order valence-corrected chi connectivity index (χ1v) is 14.6. The molecule has 0 aliphatic heterocycles. The van der Waals surface area contributed by atoms with Gasteiger partial charge in [0.05, 0.1) is 51.1 Å². The molecule has 0 aliphatic rings. The van der Waals surface area contributed by atoms with E-state index < -0.39 is 28.1 Å². The Bertz CT molecular complexity index is 884. The summed E-state index contributed by atoms with van der Waals surface area (Å²) in [6.07, 6.45) is 0.481. The van der Waals surface area contributed by atoms with E-state index in [2.05, 4.69) is 28.6 Å². The van der Waals surface area contributed by atoms with Gasteiger partial charge in [-0.15, -0.1) is 0 Å². The Morgan fingerprint density at radius 2 is 1.27 bits per heavy atom. The van der Waals surface area contributed by atoms with Crippen LogP contribution in [0.15, 0.2) is 0 Å². The highest BCUT2D eigenvalue weighted by atomic mass is 32.1. The number of ether oxygens (including phenoxy) is 4. The van der Waals surface area contributed by atoms with Crippen LogP contribution in [0.3, 0.4) is 0 Å². The molecule has 0 bridgehead atoms. The maximum absolute atomic E-state index is 12.6. The average molecular weight is 654 g/mol. The Morgan fingerprint density at radius 1 is 0.795 bits per heavy atom. The number of hydrogen-bond donors (Lipinski definition) is 6. The van der Waals surface area contributed by atoms with Crippen LogP contribution in [0.1, 0.15) is 47.5 Å². The minimum Gasteiger partial charge on any atom is -0.480 e. The van der Waals surface area contributed by atoms with Crippen molar-refractivity contribution in [1.82, 2.24) is 16.0 Å². The predicted molar refractivity (Wildman–Crippen MR) is 163 cm³/mol. The van der Waals surface area contributed by atoms with Crippen LogP contribution in [0.25, 0.3) is 0 Å². The lowest BCUT2D eigenvalue weighted by molar-refractivity contribution is -0.148. The van der Waals surface area contributed by atoms with Crippen LogP contribution in [-0.2, 0) is 47.7 Å². The van der Waals surface area contributed by atoms with Crippen molar-refractivity contribution < 1.29 is 57.9 Å². The third kappa shape index (κ3) is 18.9. The number of nitrogens with one attached hydrogen (secondary N) is 3. The molecule has 0 aromatic rings. The molecule has 16 heteroatoms. The van der Waals surface area contributed by atoms with Gasteiger partial charge in [0.2, 0.25) is 17.7 Å².